The number of hydrogen-bond donors (Lipinski definition) is 2. The highest BCUT2D eigenvalue weighted by Gasteiger charge is 2.61. The van der Waals surface area contributed by atoms with Gasteiger partial charge in [0, 0.05) is 66.9 Å². The first-order chi connectivity index (χ1) is 29.1. The Balaban J connectivity index is 1.12. The maximum absolute atomic E-state index is 15.0. The van der Waals surface area contributed by atoms with Crippen molar-refractivity contribution in [1.29, 1.82) is 0 Å². The van der Waals surface area contributed by atoms with Gasteiger partial charge in [-0.3, -0.25) is 23.9 Å². The summed E-state index contributed by atoms with van der Waals surface area (Å²) in [6.45, 7) is 5.16. The van der Waals surface area contributed by atoms with E-state index in [9.17, 15) is 22.8 Å². The molecule has 14 heteroatoms. The molecule has 326 valence electrons. The molecule has 61 heavy (non-hydrogen) atoms. The van der Waals surface area contributed by atoms with Gasteiger partial charge in [0.15, 0.2) is 5.78 Å². The molecule has 13 nitrogen and oxygen atoms in total. The summed E-state index contributed by atoms with van der Waals surface area (Å²) >= 11 is 0. The summed E-state index contributed by atoms with van der Waals surface area (Å²) < 4.78 is 40.7. The highest BCUT2D eigenvalue weighted by molar-refractivity contribution is 7.90. The zero-order valence-corrected chi connectivity index (χ0v) is 36.3. The van der Waals surface area contributed by atoms with Crippen LogP contribution >= 0.6 is 0 Å². The summed E-state index contributed by atoms with van der Waals surface area (Å²) in [7, 11) is -2.27. The molecule has 2 aliphatic carbocycles. The Morgan fingerprint density at radius 1 is 1.00 bits per heavy atom. The van der Waals surface area contributed by atoms with Gasteiger partial charge >= 0.3 is 0 Å². The van der Waals surface area contributed by atoms with E-state index >= 15 is 4.79 Å². The van der Waals surface area contributed by atoms with E-state index < -0.39 is 50.2 Å². The van der Waals surface area contributed by atoms with Crippen LogP contribution in [-0.4, -0.2) is 96.4 Å². The molecule has 0 unspecified atom stereocenters. The van der Waals surface area contributed by atoms with Crippen molar-refractivity contribution >= 4 is 44.4 Å². The van der Waals surface area contributed by atoms with Crippen molar-refractivity contribution in [3.05, 3.63) is 66.7 Å². The molecule has 1 aromatic heterocycles. The molecule has 3 N–H and O–H groups in total. The van der Waals surface area contributed by atoms with Crippen LogP contribution in [0.2, 0.25) is 0 Å². The third kappa shape index (κ3) is 9.35. The third-order valence-electron chi connectivity index (χ3n) is 13.7. The van der Waals surface area contributed by atoms with Gasteiger partial charge < -0.3 is 25.0 Å². The summed E-state index contributed by atoms with van der Waals surface area (Å²) in [6.07, 6.45) is 9.10. The zero-order chi connectivity index (χ0) is 43.1. The van der Waals surface area contributed by atoms with E-state index in [0.29, 0.717) is 61.5 Å². The number of Topliss-reactive ketones (excluding diaryl/α,β-unsaturated/α-hetero) is 1. The van der Waals surface area contributed by atoms with E-state index in [1.54, 1.807) is 12.0 Å². The van der Waals surface area contributed by atoms with E-state index in [1.807, 2.05) is 85.5 Å². The predicted molar refractivity (Wildman–Crippen MR) is 232 cm³/mol. The number of nitrogens with two attached hydrogens (primary N) is 1. The van der Waals surface area contributed by atoms with Crippen LogP contribution in [0.4, 0.5) is 0 Å². The van der Waals surface area contributed by atoms with Gasteiger partial charge in [0.1, 0.15) is 17.6 Å². The number of pyridine rings is 1. The Bertz CT molecular complexity index is 2310. The standard InChI is InChI=1S/C47H59N5O8S/c1-46(2,48)33-20-21-51(28-33)43(54)22-31-14-8-5-4-6-11-15-32-26-47(32,45(56)50-61(57,58)36-17-18-36)27-41(53)40-24-35(29-52(40)44(31)55)60-42-25-38(30-12-9-7-10-13-30)49-39-23-34(59-3)16-19-37(39)42/h7,9-13,15-16,19,23,25,31-33,35-36,40H,4-6,8,14,17-18,20-22,24,26-29,48H2,1-3H3,(H,50,56)/b15-11-/t31-,32-,33-,35-,40+,47-/m1/s1. The van der Waals surface area contributed by atoms with E-state index in [2.05, 4.69) is 4.72 Å². The van der Waals surface area contributed by atoms with Crippen LogP contribution in [0.25, 0.3) is 22.2 Å². The predicted octanol–water partition coefficient (Wildman–Crippen LogP) is 5.95. The lowest BCUT2D eigenvalue weighted by molar-refractivity contribution is -0.145. The second-order valence-corrected chi connectivity index (χ2v) is 20.6. The Kier molecular flexibility index (Phi) is 12.0. The number of sulfonamides is 1. The number of benzene rings is 2. The Morgan fingerprint density at radius 3 is 2.51 bits per heavy atom. The number of aromatic nitrogens is 1. The largest absolute Gasteiger partial charge is 0.497 e. The Labute approximate surface area is 358 Å². The minimum atomic E-state index is -3.86. The number of allylic oxidation sites excluding steroid dienone is 2. The van der Waals surface area contributed by atoms with Crippen molar-refractivity contribution < 1.29 is 37.1 Å². The lowest BCUT2D eigenvalue weighted by Crippen LogP contribution is -2.47. The molecule has 6 atom stereocenters. The molecule has 2 saturated heterocycles. The summed E-state index contributed by atoms with van der Waals surface area (Å²) in [5.74, 6) is -1.02. The van der Waals surface area contributed by atoms with Crippen LogP contribution in [0.15, 0.2) is 66.7 Å². The van der Waals surface area contributed by atoms with Crippen LogP contribution < -0.4 is 19.9 Å². The van der Waals surface area contributed by atoms with Gasteiger partial charge in [-0.25, -0.2) is 13.4 Å². The number of fused-ring (bicyclic) bond motifs is 3. The number of methoxy groups -OCH3 is 1. The van der Waals surface area contributed by atoms with Crippen LogP contribution in [-0.2, 0) is 29.2 Å². The highest BCUT2D eigenvalue weighted by Crippen LogP contribution is 2.57. The third-order valence-corrected chi connectivity index (χ3v) is 15.5. The normalized spacial score (nSPS) is 28.0. The van der Waals surface area contributed by atoms with Crippen molar-refractivity contribution in [3.8, 4) is 22.8 Å². The molecule has 5 aliphatic rings. The van der Waals surface area contributed by atoms with Gasteiger partial charge in [0.2, 0.25) is 27.7 Å². The number of amides is 3. The fraction of sp³-hybridized carbons (Fsp3) is 0.553. The van der Waals surface area contributed by atoms with E-state index in [1.165, 1.54) is 0 Å². The fourth-order valence-corrected chi connectivity index (χ4v) is 11.0. The van der Waals surface area contributed by atoms with Crippen molar-refractivity contribution in [3.63, 3.8) is 0 Å². The lowest BCUT2D eigenvalue weighted by atomic mass is 9.88. The van der Waals surface area contributed by atoms with Gasteiger partial charge in [0.25, 0.3) is 0 Å². The zero-order valence-electron chi connectivity index (χ0n) is 35.5. The maximum atomic E-state index is 15.0. The van der Waals surface area contributed by atoms with E-state index in [0.717, 1.165) is 43.1 Å². The van der Waals surface area contributed by atoms with Crippen molar-refractivity contribution in [1.82, 2.24) is 19.5 Å². The van der Waals surface area contributed by atoms with Gasteiger partial charge in [-0.2, -0.15) is 0 Å². The lowest BCUT2D eigenvalue weighted by Gasteiger charge is -2.30. The number of rotatable bonds is 10. The molecule has 3 aliphatic heterocycles. The van der Waals surface area contributed by atoms with Gasteiger partial charge in [-0.05, 0) is 82.8 Å². The molecule has 0 bridgehead atoms. The van der Waals surface area contributed by atoms with Gasteiger partial charge in [-0.1, -0.05) is 55.3 Å². The van der Waals surface area contributed by atoms with Crippen LogP contribution in [0.3, 0.4) is 0 Å². The minimum Gasteiger partial charge on any atom is -0.497 e. The van der Waals surface area contributed by atoms with Crippen LogP contribution in [0.1, 0.15) is 90.9 Å². The molecule has 4 heterocycles. The SMILES string of the molecule is COc1ccc2c(O[C@@H]3C[C@H]4C(=O)C[C@]5(C(=O)NS(=O)(=O)C6CC6)C[C@H]5/C=C\CCCCC[C@H](CC(=O)N5CC[C@@H](C(C)(C)N)C5)C(=O)N4C3)cc(-c3ccccc3)nc2c1. The number of hydrogen-bond acceptors (Lipinski definition) is 10. The smallest absolute Gasteiger partial charge is 0.240 e. The van der Waals surface area contributed by atoms with Crippen LogP contribution in [0.5, 0.6) is 11.5 Å². The second kappa shape index (κ2) is 17.2. The van der Waals surface area contributed by atoms with E-state index in [4.69, 9.17) is 20.2 Å². The molecule has 0 radical (unpaired) electrons. The number of carbonyl (C=O) groups excluding carboxylic acids is 4. The molecular weight excluding hydrogens is 795 g/mol. The summed E-state index contributed by atoms with van der Waals surface area (Å²) in [5, 5.41) is 0.135. The van der Waals surface area contributed by atoms with Crippen molar-refractivity contribution in [2.45, 2.75) is 114 Å². The van der Waals surface area contributed by atoms with Crippen molar-refractivity contribution in [2.75, 3.05) is 26.7 Å². The molecular formula is C47H59N5O8S. The number of ketones is 1. The maximum Gasteiger partial charge on any atom is 0.240 e. The first-order valence-corrected chi connectivity index (χ1v) is 23.5. The van der Waals surface area contributed by atoms with Gasteiger partial charge in [0.05, 0.1) is 41.6 Å². The van der Waals surface area contributed by atoms with Gasteiger partial charge in [-0.15, -0.1) is 0 Å². The second-order valence-electron chi connectivity index (χ2n) is 18.6. The average Bonchev–Trinajstić information content (AvgIpc) is 4.11. The summed E-state index contributed by atoms with van der Waals surface area (Å²) in [4.78, 5) is 66.1. The number of nitrogens with one attached hydrogen (secondary N) is 1. The Morgan fingerprint density at radius 2 is 1.79 bits per heavy atom. The number of carbonyl (C=O) groups is 4. The first kappa shape index (κ1) is 42.9. The van der Waals surface area contributed by atoms with E-state index in [-0.39, 0.29) is 55.2 Å². The molecule has 0 spiro atoms. The molecule has 3 amide bonds. The molecule has 8 rings (SSSR count). The topological polar surface area (TPSA) is 178 Å². The molecule has 2 aromatic carbocycles. The monoisotopic (exact) mass is 853 g/mol. The molecule has 3 aromatic rings. The molecule has 4 fully saturated rings. The first-order valence-electron chi connectivity index (χ1n) is 22.0. The Hall–Kier alpha value is -4.82. The van der Waals surface area contributed by atoms with Crippen molar-refractivity contribution in [2.24, 2.45) is 28.9 Å². The summed E-state index contributed by atoms with van der Waals surface area (Å²) in [5.41, 5.74) is 6.97. The number of likely N-dealkylation sites (tertiary alicyclic amines) is 1. The minimum absolute atomic E-state index is 0.0180. The number of nitrogens with zero attached hydrogens (tertiary/aromatic N) is 3. The average molecular weight is 854 g/mol. The quantitative estimate of drug-likeness (QED) is 0.232. The van der Waals surface area contributed by atoms with Crippen LogP contribution in [0, 0.1) is 23.2 Å². The fourth-order valence-electron chi connectivity index (χ4n) is 9.59. The molecule has 2 saturated carbocycles. The highest BCUT2D eigenvalue weighted by atomic mass is 32.2. The summed E-state index contributed by atoms with van der Waals surface area (Å²) in [6, 6.07) is 16.2. The number of ether oxygens (including phenoxy) is 2.